The van der Waals surface area contributed by atoms with Crippen LogP contribution in [0.5, 0.6) is 0 Å². The molecule has 0 aromatic heterocycles. The molecule has 0 saturated carbocycles. The second kappa shape index (κ2) is 6.67. The molecule has 2 rings (SSSR count). The Balaban J connectivity index is 1.97. The molecule has 110 valence electrons. The standard InChI is InChI=1S/C15H13BrF2N2O/c1-9-2-4-12(17)6-10(9)8-19-15(21)20-14-5-3-11(16)7-13(14)18/h2-7H,8H2,1H3,(H2,19,20,21). The quantitative estimate of drug-likeness (QED) is 0.844. The van der Waals surface area contributed by atoms with Crippen molar-refractivity contribution in [3.05, 3.63) is 63.6 Å². The van der Waals surface area contributed by atoms with Gasteiger partial charge in [0.1, 0.15) is 11.6 Å². The first-order chi connectivity index (χ1) is 9.95. The highest BCUT2D eigenvalue weighted by molar-refractivity contribution is 9.10. The van der Waals surface area contributed by atoms with Crippen LogP contribution < -0.4 is 10.6 Å². The normalized spacial score (nSPS) is 10.3. The van der Waals surface area contributed by atoms with E-state index in [-0.39, 0.29) is 18.0 Å². The molecule has 2 aromatic carbocycles. The maximum absolute atomic E-state index is 13.6. The zero-order valence-electron chi connectivity index (χ0n) is 11.2. The van der Waals surface area contributed by atoms with E-state index in [1.54, 1.807) is 12.1 Å². The molecule has 2 N–H and O–H groups in total. The minimum Gasteiger partial charge on any atom is -0.334 e. The average molecular weight is 355 g/mol. The molecular formula is C15H13BrF2N2O. The number of halogens is 3. The molecule has 3 nitrogen and oxygen atoms in total. The number of urea groups is 1. The Hall–Kier alpha value is -1.95. The van der Waals surface area contributed by atoms with Crippen molar-refractivity contribution in [2.24, 2.45) is 0 Å². The number of anilines is 1. The largest absolute Gasteiger partial charge is 0.334 e. The molecular weight excluding hydrogens is 342 g/mol. The van der Waals surface area contributed by atoms with E-state index >= 15 is 0 Å². The summed E-state index contributed by atoms with van der Waals surface area (Å²) in [5, 5.41) is 4.96. The van der Waals surface area contributed by atoms with E-state index in [4.69, 9.17) is 0 Å². The van der Waals surface area contributed by atoms with Gasteiger partial charge >= 0.3 is 6.03 Å². The van der Waals surface area contributed by atoms with Crippen LogP contribution >= 0.6 is 15.9 Å². The second-order valence-corrected chi connectivity index (χ2v) is 5.42. The van der Waals surface area contributed by atoms with Crippen LogP contribution in [0.15, 0.2) is 40.9 Å². The molecule has 0 saturated heterocycles. The predicted octanol–water partition coefficient (Wildman–Crippen LogP) is 4.36. The maximum atomic E-state index is 13.6. The van der Waals surface area contributed by atoms with E-state index in [9.17, 15) is 13.6 Å². The summed E-state index contributed by atoms with van der Waals surface area (Å²) in [7, 11) is 0. The van der Waals surface area contributed by atoms with E-state index in [0.29, 0.717) is 10.0 Å². The minimum atomic E-state index is -0.556. The third kappa shape index (κ3) is 4.26. The first-order valence-corrected chi connectivity index (χ1v) is 7.00. The molecule has 0 aliphatic rings. The summed E-state index contributed by atoms with van der Waals surface area (Å²) in [6.45, 7) is 1.98. The number of hydrogen-bond acceptors (Lipinski definition) is 1. The van der Waals surface area contributed by atoms with Crippen molar-refractivity contribution in [3.63, 3.8) is 0 Å². The Bertz CT molecular complexity index is 677. The Morgan fingerprint density at radius 2 is 1.95 bits per heavy atom. The number of carbonyl (C=O) groups excluding carboxylic acids is 1. The van der Waals surface area contributed by atoms with Gasteiger partial charge in [0.25, 0.3) is 0 Å². The van der Waals surface area contributed by atoms with E-state index in [1.807, 2.05) is 6.92 Å². The van der Waals surface area contributed by atoms with Crippen molar-refractivity contribution in [1.29, 1.82) is 0 Å². The number of amides is 2. The van der Waals surface area contributed by atoms with Crippen LogP contribution in [-0.4, -0.2) is 6.03 Å². The van der Waals surface area contributed by atoms with Crippen molar-refractivity contribution < 1.29 is 13.6 Å². The molecule has 2 aromatic rings. The molecule has 0 spiro atoms. The summed E-state index contributed by atoms with van der Waals surface area (Å²) in [5.41, 5.74) is 1.61. The lowest BCUT2D eigenvalue weighted by Crippen LogP contribution is -2.28. The zero-order chi connectivity index (χ0) is 15.4. The molecule has 0 heterocycles. The molecule has 0 radical (unpaired) electrons. The molecule has 21 heavy (non-hydrogen) atoms. The summed E-state index contributed by atoms with van der Waals surface area (Å²) < 4.78 is 27.3. The summed E-state index contributed by atoms with van der Waals surface area (Å²) in [6, 6.07) is 8.12. The molecule has 2 amide bonds. The number of benzene rings is 2. The lowest BCUT2D eigenvalue weighted by Gasteiger charge is -2.10. The van der Waals surface area contributed by atoms with E-state index in [0.717, 1.165) is 5.56 Å². The van der Waals surface area contributed by atoms with Gasteiger partial charge in [-0.25, -0.2) is 13.6 Å². The zero-order valence-corrected chi connectivity index (χ0v) is 12.8. The van der Waals surface area contributed by atoms with Crippen molar-refractivity contribution in [2.75, 3.05) is 5.32 Å². The highest BCUT2D eigenvalue weighted by Crippen LogP contribution is 2.19. The third-order valence-electron chi connectivity index (χ3n) is 2.93. The van der Waals surface area contributed by atoms with Gasteiger partial charge in [0.15, 0.2) is 0 Å². The van der Waals surface area contributed by atoms with Gasteiger partial charge in [-0.3, -0.25) is 0 Å². The third-order valence-corrected chi connectivity index (χ3v) is 3.42. The van der Waals surface area contributed by atoms with Crippen molar-refractivity contribution in [1.82, 2.24) is 5.32 Å². The van der Waals surface area contributed by atoms with Gasteiger partial charge in [-0.2, -0.15) is 0 Å². The van der Waals surface area contributed by atoms with E-state index < -0.39 is 11.8 Å². The predicted molar refractivity (Wildman–Crippen MR) is 81.1 cm³/mol. The molecule has 0 atom stereocenters. The Morgan fingerprint density at radius 3 is 2.67 bits per heavy atom. The summed E-state index contributed by atoms with van der Waals surface area (Å²) in [6.07, 6.45) is 0. The van der Waals surface area contributed by atoms with Crippen LogP contribution in [0.1, 0.15) is 11.1 Å². The maximum Gasteiger partial charge on any atom is 0.319 e. The first kappa shape index (κ1) is 15.4. The van der Waals surface area contributed by atoms with Crippen molar-refractivity contribution in [2.45, 2.75) is 13.5 Å². The highest BCUT2D eigenvalue weighted by Gasteiger charge is 2.08. The van der Waals surface area contributed by atoms with Crippen LogP contribution in [-0.2, 0) is 6.54 Å². The van der Waals surface area contributed by atoms with Gasteiger partial charge in [0.2, 0.25) is 0 Å². The average Bonchev–Trinajstić information content (AvgIpc) is 2.43. The van der Waals surface area contributed by atoms with Crippen LogP contribution in [0.25, 0.3) is 0 Å². The van der Waals surface area contributed by atoms with Gasteiger partial charge in [0.05, 0.1) is 5.69 Å². The van der Waals surface area contributed by atoms with Gasteiger partial charge in [-0.05, 0) is 48.4 Å². The molecule has 0 fully saturated rings. The number of nitrogens with one attached hydrogen (secondary N) is 2. The number of carbonyl (C=O) groups is 1. The topological polar surface area (TPSA) is 41.1 Å². The molecule has 0 aliphatic carbocycles. The summed E-state index contributed by atoms with van der Waals surface area (Å²) in [5.74, 6) is -0.904. The SMILES string of the molecule is Cc1ccc(F)cc1CNC(=O)Nc1ccc(Br)cc1F. The van der Waals surface area contributed by atoms with Gasteiger partial charge in [0, 0.05) is 11.0 Å². The molecule has 0 aliphatic heterocycles. The number of rotatable bonds is 3. The fourth-order valence-corrected chi connectivity index (χ4v) is 2.10. The van der Waals surface area contributed by atoms with Crippen LogP contribution in [0.3, 0.4) is 0 Å². The smallest absolute Gasteiger partial charge is 0.319 e. The van der Waals surface area contributed by atoms with Crippen molar-refractivity contribution in [3.8, 4) is 0 Å². The van der Waals surface area contributed by atoms with E-state index in [1.165, 1.54) is 24.3 Å². The summed E-state index contributed by atoms with van der Waals surface area (Å²) in [4.78, 5) is 11.7. The number of aryl methyl sites for hydroxylation is 1. The molecule has 6 heteroatoms. The minimum absolute atomic E-state index is 0.0756. The fraction of sp³-hybridized carbons (Fsp3) is 0.133. The van der Waals surface area contributed by atoms with E-state index in [2.05, 4.69) is 26.6 Å². The Kier molecular flexibility index (Phi) is 4.90. The second-order valence-electron chi connectivity index (χ2n) is 4.50. The first-order valence-electron chi connectivity index (χ1n) is 6.20. The molecule has 0 unspecified atom stereocenters. The van der Waals surface area contributed by atoms with Gasteiger partial charge in [-0.1, -0.05) is 22.0 Å². The fourth-order valence-electron chi connectivity index (χ4n) is 1.76. The lowest BCUT2D eigenvalue weighted by molar-refractivity contribution is 0.251. The van der Waals surface area contributed by atoms with Crippen LogP contribution in [0.2, 0.25) is 0 Å². The van der Waals surface area contributed by atoms with Crippen LogP contribution in [0.4, 0.5) is 19.3 Å². The number of hydrogen-bond donors (Lipinski definition) is 2. The lowest BCUT2D eigenvalue weighted by atomic mass is 10.1. The summed E-state index contributed by atoms with van der Waals surface area (Å²) >= 11 is 3.13. The Morgan fingerprint density at radius 1 is 1.19 bits per heavy atom. The van der Waals surface area contributed by atoms with Crippen molar-refractivity contribution >= 4 is 27.6 Å². The monoisotopic (exact) mass is 354 g/mol. The van der Waals surface area contributed by atoms with Gasteiger partial charge in [-0.15, -0.1) is 0 Å². The highest BCUT2D eigenvalue weighted by atomic mass is 79.9. The van der Waals surface area contributed by atoms with Gasteiger partial charge < -0.3 is 10.6 Å². The van der Waals surface area contributed by atoms with Crippen LogP contribution in [0, 0.1) is 18.6 Å². The molecule has 0 bridgehead atoms. The Labute approximate surface area is 129 Å².